The number of methoxy groups -OCH3 is 1. The van der Waals surface area contributed by atoms with Crippen molar-refractivity contribution in [3.8, 4) is 5.75 Å². The molecule has 0 aromatic heterocycles. The van der Waals surface area contributed by atoms with Gasteiger partial charge in [-0.05, 0) is 49.6 Å². The predicted molar refractivity (Wildman–Crippen MR) is 125 cm³/mol. The summed E-state index contributed by atoms with van der Waals surface area (Å²) in [7, 11) is 1.62. The molecule has 6 nitrogen and oxygen atoms in total. The Morgan fingerprint density at radius 2 is 1.78 bits per heavy atom. The van der Waals surface area contributed by atoms with Gasteiger partial charge in [-0.15, -0.1) is 0 Å². The number of hydrogen-bond acceptors (Lipinski definition) is 4. The Kier molecular flexibility index (Phi) is 6.51. The van der Waals surface area contributed by atoms with E-state index in [9.17, 15) is 9.59 Å². The molecular weight excluding hydrogens is 402 g/mol. The number of amides is 2. The van der Waals surface area contributed by atoms with Crippen LogP contribution in [-0.4, -0.2) is 59.6 Å². The normalized spacial score (nSPS) is 21.1. The molecule has 2 aliphatic rings. The number of benzene rings is 2. The highest BCUT2D eigenvalue weighted by Crippen LogP contribution is 2.36. The Morgan fingerprint density at radius 3 is 2.38 bits per heavy atom. The van der Waals surface area contributed by atoms with Crippen LogP contribution in [0, 0.1) is 0 Å². The molecule has 0 aliphatic carbocycles. The van der Waals surface area contributed by atoms with Crippen molar-refractivity contribution in [2.24, 2.45) is 0 Å². The number of hydrogen-bond donors (Lipinski definition) is 1. The summed E-state index contributed by atoms with van der Waals surface area (Å²) in [6.07, 6.45) is 3.05. The lowest BCUT2D eigenvalue weighted by atomic mass is 9.93. The molecule has 170 valence electrons. The maximum Gasteiger partial charge on any atom is 0.253 e. The number of nitrogens with one attached hydrogen (secondary N) is 1. The van der Waals surface area contributed by atoms with Crippen molar-refractivity contribution in [1.29, 1.82) is 0 Å². The first-order valence-electron chi connectivity index (χ1n) is 11.6. The lowest BCUT2D eigenvalue weighted by Gasteiger charge is -2.46. The van der Waals surface area contributed by atoms with Gasteiger partial charge < -0.3 is 14.5 Å². The summed E-state index contributed by atoms with van der Waals surface area (Å²) < 4.78 is 5.19. The van der Waals surface area contributed by atoms with Crippen LogP contribution in [0.1, 0.15) is 49.0 Å². The van der Waals surface area contributed by atoms with Crippen LogP contribution in [0.3, 0.4) is 0 Å². The molecule has 2 aromatic rings. The van der Waals surface area contributed by atoms with E-state index >= 15 is 0 Å². The van der Waals surface area contributed by atoms with E-state index in [2.05, 4.69) is 36.2 Å². The van der Waals surface area contributed by atoms with Crippen LogP contribution < -0.4 is 10.1 Å². The van der Waals surface area contributed by atoms with Gasteiger partial charge in [0.25, 0.3) is 5.91 Å². The zero-order valence-electron chi connectivity index (χ0n) is 19.2. The van der Waals surface area contributed by atoms with Crippen molar-refractivity contribution in [2.45, 2.75) is 57.3 Å². The van der Waals surface area contributed by atoms with Gasteiger partial charge >= 0.3 is 0 Å². The Balaban J connectivity index is 1.49. The minimum absolute atomic E-state index is 0.0303. The van der Waals surface area contributed by atoms with E-state index in [1.54, 1.807) is 7.11 Å². The van der Waals surface area contributed by atoms with E-state index < -0.39 is 0 Å². The van der Waals surface area contributed by atoms with Crippen LogP contribution in [0.2, 0.25) is 0 Å². The zero-order chi connectivity index (χ0) is 22.7. The van der Waals surface area contributed by atoms with Gasteiger partial charge in [-0.1, -0.05) is 37.3 Å². The first kappa shape index (κ1) is 22.3. The van der Waals surface area contributed by atoms with Gasteiger partial charge in [-0.25, -0.2) is 0 Å². The fourth-order valence-electron chi connectivity index (χ4n) is 5.03. The summed E-state index contributed by atoms with van der Waals surface area (Å²) in [6.45, 7) is 5.49. The van der Waals surface area contributed by atoms with E-state index in [1.165, 1.54) is 0 Å². The van der Waals surface area contributed by atoms with Crippen LogP contribution in [0.4, 0.5) is 0 Å². The number of carbonyl (C=O) groups excluding carboxylic acids is 2. The fraction of sp³-hybridized carbons (Fsp3) is 0.462. The topological polar surface area (TPSA) is 61.9 Å². The molecule has 2 amide bonds. The van der Waals surface area contributed by atoms with Gasteiger partial charge in [-0.2, -0.15) is 0 Å². The van der Waals surface area contributed by atoms with Crippen molar-refractivity contribution in [1.82, 2.24) is 15.1 Å². The van der Waals surface area contributed by atoms with Crippen LogP contribution in [0.15, 0.2) is 54.6 Å². The maximum atomic E-state index is 13.5. The minimum Gasteiger partial charge on any atom is -0.497 e. The Bertz CT molecular complexity index is 937. The Hall–Kier alpha value is -2.86. The number of carbonyl (C=O) groups is 2. The average molecular weight is 436 g/mol. The third kappa shape index (κ3) is 4.24. The van der Waals surface area contributed by atoms with Gasteiger partial charge in [-0.3, -0.25) is 14.9 Å². The van der Waals surface area contributed by atoms with Crippen molar-refractivity contribution < 1.29 is 14.3 Å². The third-order valence-electron chi connectivity index (χ3n) is 6.97. The molecule has 0 unspecified atom stereocenters. The van der Waals surface area contributed by atoms with Crippen molar-refractivity contribution in [3.05, 3.63) is 65.7 Å². The molecular formula is C26H33N3O3. The molecule has 6 heteroatoms. The highest BCUT2D eigenvalue weighted by molar-refractivity contribution is 5.94. The molecule has 1 spiro atoms. The molecule has 2 saturated heterocycles. The lowest BCUT2D eigenvalue weighted by Crippen LogP contribution is -2.61. The number of ether oxygens (including phenoxy) is 1. The Labute approximate surface area is 190 Å². The van der Waals surface area contributed by atoms with Crippen LogP contribution in [0.5, 0.6) is 5.75 Å². The SMILES string of the molecule is CC[C@H](C)N1C(=O)[C@H](Cc2ccccc2)NC12CCN(C(=O)c1ccc(OC)cc1)CC2. The molecule has 0 radical (unpaired) electrons. The van der Waals surface area contributed by atoms with E-state index in [1.807, 2.05) is 47.4 Å². The number of likely N-dealkylation sites (tertiary alicyclic amines) is 1. The van der Waals surface area contributed by atoms with E-state index in [0.29, 0.717) is 25.1 Å². The van der Waals surface area contributed by atoms with Crippen LogP contribution >= 0.6 is 0 Å². The number of rotatable bonds is 6. The fourth-order valence-corrected chi connectivity index (χ4v) is 5.03. The first-order valence-corrected chi connectivity index (χ1v) is 11.6. The molecule has 32 heavy (non-hydrogen) atoms. The lowest BCUT2D eigenvalue weighted by molar-refractivity contribution is -0.136. The molecule has 4 rings (SSSR count). The minimum atomic E-state index is -0.386. The van der Waals surface area contributed by atoms with Crippen molar-refractivity contribution in [2.75, 3.05) is 20.2 Å². The average Bonchev–Trinajstić information content (AvgIpc) is 3.09. The summed E-state index contributed by atoms with van der Waals surface area (Å²) in [5, 5.41) is 3.71. The standard InChI is InChI=1S/C26H33N3O3/c1-4-19(2)29-25(31)23(18-20-8-6-5-7-9-20)27-26(29)14-16-28(17-15-26)24(30)21-10-12-22(32-3)13-11-21/h5-13,19,23,27H,4,14-18H2,1-3H3/t19-,23-/m0/s1. The maximum absolute atomic E-state index is 13.5. The summed E-state index contributed by atoms with van der Waals surface area (Å²) in [5.74, 6) is 0.947. The molecule has 1 N–H and O–H groups in total. The van der Waals surface area contributed by atoms with Crippen molar-refractivity contribution >= 4 is 11.8 Å². The Morgan fingerprint density at radius 1 is 1.12 bits per heavy atom. The second-order valence-corrected chi connectivity index (χ2v) is 8.90. The first-order chi connectivity index (χ1) is 15.5. The van der Waals surface area contributed by atoms with Gasteiger partial charge in [0.05, 0.1) is 18.8 Å². The highest BCUT2D eigenvalue weighted by Gasteiger charge is 2.52. The second-order valence-electron chi connectivity index (χ2n) is 8.90. The molecule has 0 bridgehead atoms. The summed E-state index contributed by atoms with van der Waals surface area (Å²) >= 11 is 0. The summed E-state index contributed by atoms with van der Waals surface area (Å²) in [4.78, 5) is 30.5. The molecule has 2 atom stereocenters. The summed E-state index contributed by atoms with van der Waals surface area (Å²) in [5.41, 5.74) is 1.44. The molecule has 0 saturated carbocycles. The molecule has 2 aromatic carbocycles. The summed E-state index contributed by atoms with van der Waals surface area (Å²) in [6, 6.07) is 17.3. The van der Waals surface area contributed by atoms with E-state index in [4.69, 9.17) is 4.74 Å². The number of piperidine rings is 1. The smallest absolute Gasteiger partial charge is 0.253 e. The predicted octanol–water partition coefficient (Wildman–Crippen LogP) is 3.47. The highest BCUT2D eigenvalue weighted by atomic mass is 16.5. The van der Waals surface area contributed by atoms with Crippen molar-refractivity contribution in [3.63, 3.8) is 0 Å². The van der Waals surface area contributed by atoms with Gasteiger partial charge in [0.2, 0.25) is 5.91 Å². The quantitative estimate of drug-likeness (QED) is 0.755. The second kappa shape index (κ2) is 9.33. The van der Waals surface area contributed by atoms with Gasteiger partial charge in [0.1, 0.15) is 5.75 Å². The molecule has 2 aliphatic heterocycles. The van der Waals surface area contributed by atoms with Crippen LogP contribution in [0.25, 0.3) is 0 Å². The van der Waals surface area contributed by atoms with Gasteiger partial charge in [0.15, 0.2) is 0 Å². The van der Waals surface area contributed by atoms with E-state index in [0.717, 1.165) is 30.6 Å². The zero-order valence-corrected chi connectivity index (χ0v) is 19.2. The molecule has 2 fully saturated rings. The van der Waals surface area contributed by atoms with E-state index in [-0.39, 0.29) is 29.6 Å². The molecule has 2 heterocycles. The number of nitrogens with zero attached hydrogens (tertiary/aromatic N) is 2. The van der Waals surface area contributed by atoms with Crippen LogP contribution in [-0.2, 0) is 11.2 Å². The van der Waals surface area contributed by atoms with Gasteiger partial charge in [0, 0.05) is 37.5 Å². The monoisotopic (exact) mass is 435 g/mol. The largest absolute Gasteiger partial charge is 0.497 e. The third-order valence-corrected chi connectivity index (χ3v) is 6.97.